The van der Waals surface area contributed by atoms with Gasteiger partial charge in [-0.25, -0.2) is 0 Å². The van der Waals surface area contributed by atoms with E-state index in [0.717, 1.165) is 0 Å². The minimum Gasteiger partial charge on any atom is -0.396 e. The molecule has 0 aliphatic carbocycles. The fraction of sp³-hybridized carbons (Fsp3) is 0.500. The number of aliphatic hydroxyl groups excluding tert-OH is 1. The average Bonchev–Trinajstić information content (AvgIpc) is 2.09. The van der Waals surface area contributed by atoms with Crippen LogP contribution in [0.1, 0.15) is 30.9 Å². The molecule has 0 aliphatic heterocycles. The van der Waals surface area contributed by atoms with Gasteiger partial charge in [-0.15, -0.1) is 0 Å². The van der Waals surface area contributed by atoms with Crippen LogP contribution in [0.4, 0.5) is 0 Å². The third-order valence-electron chi connectivity index (χ3n) is 2.51. The van der Waals surface area contributed by atoms with Gasteiger partial charge in [-0.2, -0.15) is 0 Å². The summed E-state index contributed by atoms with van der Waals surface area (Å²) in [6, 6.07) is 8.41. The van der Waals surface area contributed by atoms with Gasteiger partial charge in [0.05, 0.1) is 6.61 Å². The molecule has 1 N–H and O–H groups in total. The molecule has 0 radical (unpaired) electrons. The lowest BCUT2D eigenvalue weighted by Crippen LogP contribution is -2.10. The Kier molecular flexibility index (Phi) is 3.49. The molecule has 1 aromatic carbocycles. The van der Waals surface area contributed by atoms with Gasteiger partial charge in [0, 0.05) is 5.92 Å². The number of rotatable bonds is 3. The fourth-order valence-corrected chi connectivity index (χ4v) is 1.51. The van der Waals surface area contributed by atoms with Crippen molar-refractivity contribution in [2.75, 3.05) is 6.61 Å². The third-order valence-corrected chi connectivity index (χ3v) is 2.51. The first-order valence-electron chi connectivity index (χ1n) is 4.82. The molecule has 72 valence electrons. The van der Waals surface area contributed by atoms with Crippen LogP contribution in [0.25, 0.3) is 0 Å². The van der Waals surface area contributed by atoms with Gasteiger partial charge in [0.1, 0.15) is 0 Å². The normalized spacial score (nSPS) is 13.3. The van der Waals surface area contributed by atoms with Gasteiger partial charge in [0.25, 0.3) is 0 Å². The van der Waals surface area contributed by atoms with Crippen molar-refractivity contribution in [1.82, 2.24) is 0 Å². The van der Waals surface area contributed by atoms with Gasteiger partial charge in [0.15, 0.2) is 0 Å². The molecule has 1 aromatic rings. The summed E-state index contributed by atoms with van der Waals surface area (Å²) in [5.74, 6) is 0.772. The lowest BCUT2D eigenvalue weighted by atomic mass is 9.89. The molecule has 13 heavy (non-hydrogen) atoms. The number of aliphatic hydroxyl groups is 1. The van der Waals surface area contributed by atoms with Crippen LogP contribution < -0.4 is 0 Å². The lowest BCUT2D eigenvalue weighted by Gasteiger charge is -2.18. The molecule has 0 spiro atoms. The summed E-state index contributed by atoms with van der Waals surface area (Å²) in [7, 11) is 0. The molecule has 0 fully saturated rings. The second-order valence-corrected chi connectivity index (χ2v) is 3.94. The maximum atomic E-state index is 9.22. The van der Waals surface area contributed by atoms with Crippen molar-refractivity contribution in [2.45, 2.75) is 26.7 Å². The van der Waals surface area contributed by atoms with Gasteiger partial charge in [-0.1, -0.05) is 43.7 Å². The van der Waals surface area contributed by atoms with Crippen molar-refractivity contribution in [3.05, 3.63) is 35.4 Å². The molecule has 0 bridgehead atoms. The van der Waals surface area contributed by atoms with Crippen molar-refractivity contribution in [1.29, 1.82) is 0 Å². The van der Waals surface area contributed by atoms with Crippen LogP contribution in [0.5, 0.6) is 0 Å². The first kappa shape index (κ1) is 10.3. The molecule has 0 aromatic heterocycles. The zero-order valence-electron chi connectivity index (χ0n) is 8.62. The van der Waals surface area contributed by atoms with Gasteiger partial charge in [-0.3, -0.25) is 0 Å². The highest BCUT2D eigenvalue weighted by Crippen LogP contribution is 2.23. The van der Waals surface area contributed by atoms with Crippen molar-refractivity contribution in [2.24, 2.45) is 5.92 Å². The molecule has 0 saturated carbocycles. The van der Waals surface area contributed by atoms with E-state index >= 15 is 0 Å². The summed E-state index contributed by atoms with van der Waals surface area (Å²) in [6.45, 7) is 6.59. The van der Waals surface area contributed by atoms with Crippen molar-refractivity contribution < 1.29 is 5.11 Å². The number of benzene rings is 1. The zero-order chi connectivity index (χ0) is 9.84. The van der Waals surface area contributed by atoms with E-state index in [2.05, 4.69) is 45.0 Å². The van der Waals surface area contributed by atoms with E-state index in [1.54, 1.807) is 0 Å². The van der Waals surface area contributed by atoms with E-state index in [-0.39, 0.29) is 12.5 Å². The van der Waals surface area contributed by atoms with Crippen LogP contribution in [0.15, 0.2) is 24.3 Å². The van der Waals surface area contributed by atoms with E-state index in [4.69, 9.17) is 0 Å². The van der Waals surface area contributed by atoms with Crippen LogP contribution in [-0.4, -0.2) is 11.7 Å². The molecule has 0 amide bonds. The lowest BCUT2D eigenvalue weighted by molar-refractivity contribution is 0.237. The van der Waals surface area contributed by atoms with E-state index in [1.165, 1.54) is 11.1 Å². The number of aryl methyl sites for hydroxylation is 1. The van der Waals surface area contributed by atoms with Crippen LogP contribution in [0, 0.1) is 12.8 Å². The first-order valence-corrected chi connectivity index (χ1v) is 4.82. The summed E-state index contributed by atoms with van der Waals surface area (Å²) >= 11 is 0. The molecule has 1 atom stereocenters. The molecule has 1 heteroatoms. The second-order valence-electron chi connectivity index (χ2n) is 3.94. The van der Waals surface area contributed by atoms with Crippen LogP contribution in [-0.2, 0) is 0 Å². The SMILES string of the molecule is Cc1ccc([C@@H](CO)C(C)C)cc1. The summed E-state index contributed by atoms with van der Waals surface area (Å²) in [6.07, 6.45) is 0. The topological polar surface area (TPSA) is 20.2 Å². The standard InChI is InChI=1S/C12H18O/c1-9(2)12(8-13)11-6-4-10(3)5-7-11/h4-7,9,12-13H,8H2,1-3H3/t12-/m0/s1. The Morgan fingerprint density at radius 1 is 1.15 bits per heavy atom. The summed E-state index contributed by atoms with van der Waals surface area (Å²) in [5, 5.41) is 9.22. The van der Waals surface area contributed by atoms with Gasteiger partial charge in [-0.05, 0) is 18.4 Å². The Labute approximate surface area is 80.4 Å². The Morgan fingerprint density at radius 3 is 2.08 bits per heavy atom. The molecular formula is C12H18O. The minimum absolute atomic E-state index is 0.237. The van der Waals surface area contributed by atoms with Gasteiger partial charge in [0.2, 0.25) is 0 Å². The summed E-state index contributed by atoms with van der Waals surface area (Å²) in [4.78, 5) is 0. The predicted molar refractivity (Wildman–Crippen MR) is 55.8 cm³/mol. The molecule has 0 heterocycles. The molecule has 0 saturated heterocycles. The molecule has 1 nitrogen and oxygen atoms in total. The van der Waals surface area contributed by atoms with Crippen LogP contribution >= 0.6 is 0 Å². The van der Waals surface area contributed by atoms with Gasteiger partial charge >= 0.3 is 0 Å². The minimum atomic E-state index is 0.237. The highest BCUT2D eigenvalue weighted by molar-refractivity contribution is 5.24. The Bertz CT molecular complexity index is 248. The highest BCUT2D eigenvalue weighted by atomic mass is 16.3. The van der Waals surface area contributed by atoms with Crippen molar-refractivity contribution in [3.8, 4) is 0 Å². The quantitative estimate of drug-likeness (QED) is 0.754. The Balaban J connectivity index is 2.86. The first-order chi connectivity index (χ1) is 6.15. The van der Waals surface area contributed by atoms with Crippen LogP contribution in [0.2, 0.25) is 0 Å². The monoisotopic (exact) mass is 178 g/mol. The Hall–Kier alpha value is -0.820. The smallest absolute Gasteiger partial charge is 0.0502 e. The summed E-state index contributed by atoms with van der Waals surface area (Å²) in [5.41, 5.74) is 2.51. The fourth-order valence-electron chi connectivity index (χ4n) is 1.51. The second kappa shape index (κ2) is 4.43. The third kappa shape index (κ3) is 2.56. The number of hydrogen-bond acceptors (Lipinski definition) is 1. The van der Waals surface area contributed by atoms with Crippen molar-refractivity contribution >= 4 is 0 Å². The number of hydrogen-bond donors (Lipinski definition) is 1. The Morgan fingerprint density at radius 2 is 1.69 bits per heavy atom. The van der Waals surface area contributed by atoms with E-state index in [1.807, 2.05) is 0 Å². The average molecular weight is 178 g/mol. The highest BCUT2D eigenvalue weighted by Gasteiger charge is 2.13. The maximum absolute atomic E-state index is 9.22. The zero-order valence-corrected chi connectivity index (χ0v) is 8.62. The molecular weight excluding hydrogens is 160 g/mol. The molecule has 0 aliphatic rings. The van der Waals surface area contributed by atoms with E-state index < -0.39 is 0 Å². The van der Waals surface area contributed by atoms with Crippen LogP contribution in [0.3, 0.4) is 0 Å². The molecule has 0 unspecified atom stereocenters. The van der Waals surface area contributed by atoms with E-state index in [0.29, 0.717) is 5.92 Å². The molecule has 1 rings (SSSR count). The summed E-state index contributed by atoms with van der Waals surface area (Å²) < 4.78 is 0. The maximum Gasteiger partial charge on any atom is 0.0502 e. The largest absolute Gasteiger partial charge is 0.396 e. The van der Waals surface area contributed by atoms with E-state index in [9.17, 15) is 5.11 Å². The van der Waals surface area contributed by atoms with Crippen molar-refractivity contribution in [3.63, 3.8) is 0 Å². The van der Waals surface area contributed by atoms with Gasteiger partial charge < -0.3 is 5.11 Å². The predicted octanol–water partition coefficient (Wildman–Crippen LogP) is 2.73.